The maximum Gasteiger partial charge on any atom is 3.00 e. The van der Waals surface area contributed by atoms with Gasteiger partial charge in [0, 0.05) is 53.9 Å². The van der Waals surface area contributed by atoms with Crippen LogP contribution >= 0.6 is 0 Å². The third-order valence-corrected chi connectivity index (χ3v) is 5.81. The summed E-state index contributed by atoms with van der Waals surface area (Å²) < 4.78 is 0. The molecule has 46 heavy (non-hydrogen) atoms. The zero-order valence-electron chi connectivity index (χ0n) is 23.6. The standard InChI is InChI=1S/3C11H8N2O2.Ru/c3*14-11(15)8-4-3-7-13-10(8)9-5-1-2-6-12-9;/h3*1-7H,(H,14,15);/q;;;+3/p-3. The van der Waals surface area contributed by atoms with Gasteiger partial charge in [0.1, 0.15) is 0 Å². The molecule has 0 aliphatic carbocycles. The summed E-state index contributed by atoms with van der Waals surface area (Å²) in [5, 5.41) is 32.4. The van der Waals surface area contributed by atoms with E-state index in [2.05, 4.69) is 29.9 Å². The molecular formula is C33H21N6O6Ru. The molecule has 0 fully saturated rings. The number of nitrogens with zero attached hydrogens (tertiary/aromatic N) is 6. The fraction of sp³-hybridized carbons (Fsp3) is 0. The molecule has 0 atom stereocenters. The van der Waals surface area contributed by atoms with Gasteiger partial charge in [-0.25, -0.2) is 0 Å². The van der Waals surface area contributed by atoms with Crippen LogP contribution in [-0.2, 0) is 19.5 Å². The maximum atomic E-state index is 10.8. The molecule has 0 aliphatic heterocycles. The Morgan fingerprint density at radius 1 is 0.370 bits per heavy atom. The summed E-state index contributed by atoms with van der Waals surface area (Å²) in [6.45, 7) is 0. The smallest absolute Gasteiger partial charge is 0.545 e. The summed E-state index contributed by atoms with van der Waals surface area (Å²) in [4.78, 5) is 56.5. The fourth-order valence-corrected chi connectivity index (χ4v) is 3.83. The summed E-state index contributed by atoms with van der Waals surface area (Å²) >= 11 is 0. The second-order valence-corrected chi connectivity index (χ2v) is 8.71. The second kappa shape index (κ2) is 17.3. The van der Waals surface area contributed by atoms with E-state index >= 15 is 0 Å². The third-order valence-electron chi connectivity index (χ3n) is 5.81. The average Bonchev–Trinajstić information content (AvgIpc) is 3.10. The summed E-state index contributed by atoms with van der Waals surface area (Å²) in [5.41, 5.74) is 2.73. The molecule has 227 valence electrons. The first-order chi connectivity index (χ1) is 21.9. The van der Waals surface area contributed by atoms with Crippen molar-refractivity contribution < 1.29 is 49.2 Å². The van der Waals surface area contributed by atoms with Crippen LogP contribution in [0.4, 0.5) is 0 Å². The van der Waals surface area contributed by atoms with Gasteiger partial charge in [-0.05, 0) is 72.8 Å². The zero-order chi connectivity index (χ0) is 32.0. The normalized spacial score (nSPS) is 9.65. The van der Waals surface area contributed by atoms with E-state index < -0.39 is 17.9 Å². The first-order valence-electron chi connectivity index (χ1n) is 13.1. The minimum absolute atomic E-state index is 0. The minimum atomic E-state index is -1.25. The molecule has 13 heteroatoms. The van der Waals surface area contributed by atoms with Crippen LogP contribution in [0.15, 0.2) is 128 Å². The molecule has 0 aromatic carbocycles. The van der Waals surface area contributed by atoms with Gasteiger partial charge in [-0.1, -0.05) is 18.2 Å². The molecule has 0 N–H and O–H groups in total. The second-order valence-electron chi connectivity index (χ2n) is 8.71. The van der Waals surface area contributed by atoms with Crippen molar-refractivity contribution in [3.8, 4) is 34.2 Å². The predicted octanol–water partition coefficient (Wildman–Crippen LogP) is 1.52. The topological polar surface area (TPSA) is 198 Å². The van der Waals surface area contributed by atoms with Crippen molar-refractivity contribution in [1.82, 2.24) is 29.9 Å². The quantitative estimate of drug-likeness (QED) is 0.228. The van der Waals surface area contributed by atoms with Crippen LogP contribution in [0.2, 0.25) is 0 Å². The average molecular weight is 699 g/mol. The van der Waals surface area contributed by atoms with E-state index in [1.807, 2.05) is 0 Å². The molecule has 0 aliphatic rings. The van der Waals surface area contributed by atoms with Gasteiger partial charge in [-0.2, -0.15) is 0 Å². The number of carboxylic acids is 3. The molecule has 0 saturated heterocycles. The number of carbonyl (C=O) groups excluding carboxylic acids is 3. The molecule has 0 saturated carbocycles. The molecule has 6 aromatic rings. The van der Waals surface area contributed by atoms with Gasteiger partial charge in [0.2, 0.25) is 0 Å². The Balaban J connectivity index is 0.000000186. The van der Waals surface area contributed by atoms with Crippen LogP contribution in [0.3, 0.4) is 0 Å². The molecule has 0 spiro atoms. The summed E-state index contributed by atoms with van der Waals surface area (Å²) in [6.07, 6.45) is 9.33. The van der Waals surface area contributed by atoms with Crippen LogP contribution < -0.4 is 15.3 Å². The van der Waals surface area contributed by atoms with Crippen molar-refractivity contribution >= 4 is 17.9 Å². The Morgan fingerprint density at radius 3 is 0.848 bits per heavy atom. The number of rotatable bonds is 6. The summed E-state index contributed by atoms with van der Waals surface area (Å²) in [5.74, 6) is -3.74. The van der Waals surface area contributed by atoms with E-state index in [0.29, 0.717) is 34.2 Å². The number of pyridine rings is 6. The molecule has 0 amide bonds. The van der Waals surface area contributed by atoms with E-state index in [4.69, 9.17) is 0 Å². The number of hydrogen-bond donors (Lipinski definition) is 0. The number of carboxylic acid groups (broad SMARTS) is 3. The number of aromatic nitrogens is 6. The van der Waals surface area contributed by atoms with E-state index in [9.17, 15) is 29.7 Å². The van der Waals surface area contributed by atoms with Crippen LogP contribution in [-0.4, -0.2) is 47.8 Å². The Bertz CT molecular complexity index is 1680. The third kappa shape index (κ3) is 9.22. The van der Waals surface area contributed by atoms with Crippen LogP contribution in [0.25, 0.3) is 34.2 Å². The molecule has 6 rings (SSSR count). The van der Waals surface area contributed by atoms with E-state index in [-0.39, 0.29) is 36.2 Å². The van der Waals surface area contributed by atoms with Crippen LogP contribution in [0.1, 0.15) is 31.1 Å². The summed E-state index contributed by atoms with van der Waals surface area (Å²) in [7, 11) is 0. The van der Waals surface area contributed by atoms with E-state index in [0.717, 1.165) is 0 Å². The van der Waals surface area contributed by atoms with Crippen molar-refractivity contribution in [2.45, 2.75) is 0 Å². The monoisotopic (exact) mass is 699 g/mol. The van der Waals surface area contributed by atoms with E-state index in [1.165, 1.54) is 36.8 Å². The largest absolute Gasteiger partial charge is 3.00 e. The van der Waals surface area contributed by atoms with Gasteiger partial charge in [-0.15, -0.1) is 0 Å². The van der Waals surface area contributed by atoms with Crippen molar-refractivity contribution in [2.24, 2.45) is 0 Å². The van der Waals surface area contributed by atoms with Crippen LogP contribution in [0, 0.1) is 0 Å². The predicted molar refractivity (Wildman–Crippen MR) is 155 cm³/mol. The van der Waals surface area contributed by atoms with Crippen molar-refractivity contribution in [3.63, 3.8) is 0 Å². The molecule has 6 aromatic heterocycles. The van der Waals surface area contributed by atoms with E-state index in [1.54, 1.807) is 91.4 Å². The number of aromatic carboxylic acids is 3. The molecule has 0 unspecified atom stereocenters. The molecule has 6 heterocycles. The Hall–Kier alpha value is -6.07. The SMILES string of the molecule is O=C([O-])c1cccnc1-c1ccccn1.O=C([O-])c1cccnc1-c1ccccn1.O=C([O-])c1cccnc1-c1ccccn1.[Ru+3]. The molecule has 1 radical (unpaired) electrons. The minimum Gasteiger partial charge on any atom is -0.545 e. The number of carbonyl (C=O) groups is 3. The van der Waals surface area contributed by atoms with Crippen LogP contribution in [0.5, 0.6) is 0 Å². The van der Waals surface area contributed by atoms with Gasteiger partial charge in [0.05, 0.1) is 52.1 Å². The number of hydrogen-bond acceptors (Lipinski definition) is 12. The van der Waals surface area contributed by atoms with Crippen molar-refractivity contribution in [3.05, 3.63) is 145 Å². The van der Waals surface area contributed by atoms with Gasteiger partial charge in [0.15, 0.2) is 0 Å². The van der Waals surface area contributed by atoms with Crippen molar-refractivity contribution in [2.75, 3.05) is 0 Å². The van der Waals surface area contributed by atoms with Gasteiger partial charge >= 0.3 is 19.5 Å². The Labute approximate surface area is 275 Å². The van der Waals surface area contributed by atoms with Gasteiger partial charge in [0.25, 0.3) is 0 Å². The molecule has 12 nitrogen and oxygen atoms in total. The zero-order valence-corrected chi connectivity index (χ0v) is 25.3. The Kier molecular flexibility index (Phi) is 12.9. The Morgan fingerprint density at radius 2 is 0.630 bits per heavy atom. The first kappa shape index (κ1) is 34.4. The molecule has 0 bridgehead atoms. The summed E-state index contributed by atoms with van der Waals surface area (Å²) in [6, 6.07) is 24.7. The van der Waals surface area contributed by atoms with Gasteiger partial charge < -0.3 is 29.7 Å². The van der Waals surface area contributed by atoms with Crippen molar-refractivity contribution in [1.29, 1.82) is 0 Å². The first-order valence-corrected chi connectivity index (χ1v) is 13.1. The molecular weight excluding hydrogens is 677 g/mol. The fourth-order valence-electron chi connectivity index (χ4n) is 3.83. The maximum absolute atomic E-state index is 10.8. The van der Waals surface area contributed by atoms with Gasteiger partial charge in [-0.3, -0.25) is 29.9 Å².